The lowest BCUT2D eigenvalue weighted by atomic mass is 10.2. The molecule has 0 fully saturated rings. The number of amidine groups is 1. The lowest BCUT2D eigenvalue weighted by Crippen LogP contribution is -2.57. The first-order chi connectivity index (χ1) is 13.9. The zero-order chi connectivity index (χ0) is 21.0. The Morgan fingerprint density at radius 2 is 1.79 bits per heavy atom. The van der Waals surface area contributed by atoms with Gasteiger partial charge in [-0.15, -0.1) is 0 Å². The highest BCUT2D eigenvalue weighted by atomic mass is 16.5. The summed E-state index contributed by atoms with van der Waals surface area (Å²) < 4.78 is 4.67. The number of nitrogens with one attached hydrogen (secondary N) is 2. The summed E-state index contributed by atoms with van der Waals surface area (Å²) in [5.41, 5.74) is 4.51. The van der Waals surface area contributed by atoms with Crippen LogP contribution in [-0.4, -0.2) is 43.9 Å². The molecule has 0 aliphatic carbocycles. The Morgan fingerprint density at radius 3 is 2.41 bits per heavy atom. The van der Waals surface area contributed by atoms with Crippen LogP contribution in [-0.2, 0) is 14.3 Å². The van der Waals surface area contributed by atoms with Crippen molar-refractivity contribution in [3.63, 3.8) is 0 Å². The summed E-state index contributed by atoms with van der Waals surface area (Å²) in [5, 5.41) is 4.03. The van der Waals surface area contributed by atoms with E-state index in [0.29, 0.717) is 17.1 Å². The third kappa shape index (κ3) is 4.34. The maximum atomic E-state index is 12.6. The SMILES string of the molecule is COC(=O)N(C)c1ccc(NC(=O)C2=NC(C)C(=O)N(c3ccccc3)N2)cc1. The van der Waals surface area contributed by atoms with Crippen molar-refractivity contribution in [1.29, 1.82) is 0 Å². The summed E-state index contributed by atoms with van der Waals surface area (Å²) in [7, 11) is 2.88. The maximum Gasteiger partial charge on any atom is 0.413 e. The fraction of sp³-hybridized carbons (Fsp3) is 0.200. The van der Waals surface area contributed by atoms with Gasteiger partial charge in [0.25, 0.3) is 11.8 Å². The lowest BCUT2D eigenvalue weighted by Gasteiger charge is -2.30. The van der Waals surface area contributed by atoms with Gasteiger partial charge in [-0.25, -0.2) is 14.8 Å². The number of rotatable bonds is 4. The Bertz CT molecular complexity index is 943. The Kier molecular flexibility index (Phi) is 5.77. The average molecular weight is 395 g/mol. The molecule has 0 spiro atoms. The van der Waals surface area contributed by atoms with Crippen LogP contribution in [0.25, 0.3) is 0 Å². The highest BCUT2D eigenvalue weighted by Crippen LogP contribution is 2.19. The van der Waals surface area contributed by atoms with Crippen LogP contribution >= 0.6 is 0 Å². The van der Waals surface area contributed by atoms with E-state index >= 15 is 0 Å². The molecular weight excluding hydrogens is 374 g/mol. The average Bonchev–Trinajstić information content (AvgIpc) is 2.75. The molecule has 2 N–H and O–H groups in total. The topological polar surface area (TPSA) is 103 Å². The fourth-order valence-corrected chi connectivity index (χ4v) is 2.70. The van der Waals surface area contributed by atoms with Crippen LogP contribution < -0.4 is 20.7 Å². The number of hydrazine groups is 1. The molecule has 1 aliphatic heterocycles. The number of methoxy groups -OCH3 is 1. The molecule has 0 saturated heterocycles. The molecule has 3 amide bonds. The van der Waals surface area contributed by atoms with Crippen LogP contribution in [0.5, 0.6) is 0 Å². The van der Waals surface area contributed by atoms with Crippen molar-refractivity contribution in [2.24, 2.45) is 4.99 Å². The van der Waals surface area contributed by atoms with Crippen molar-refractivity contribution in [3.05, 3.63) is 54.6 Å². The van der Waals surface area contributed by atoms with Crippen LogP contribution in [0.15, 0.2) is 59.6 Å². The number of para-hydroxylation sites is 1. The number of nitrogens with zero attached hydrogens (tertiary/aromatic N) is 3. The van der Waals surface area contributed by atoms with E-state index in [4.69, 9.17) is 0 Å². The number of anilines is 3. The third-order valence-corrected chi connectivity index (χ3v) is 4.31. The van der Waals surface area contributed by atoms with Gasteiger partial charge in [0.1, 0.15) is 6.04 Å². The van der Waals surface area contributed by atoms with Crippen molar-refractivity contribution >= 4 is 40.8 Å². The maximum absolute atomic E-state index is 12.6. The molecule has 2 aromatic carbocycles. The molecule has 29 heavy (non-hydrogen) atoms. The fourth-order valence-electron chi connectivity index (χ4n) is 2.70. The van der Waals surface area contributed by atoms with Gasteiger partial charge in [0, 0.05) is 18.4 Å². The van der Waals surface area contributed by atoms with Crippen LogP contribution in [0.3, 0.4) is 0 Å². The molecule has 150 valence electrons. The monoisotopic (exact) mass is 395 g/mol. The first kappa shape index (κ1) is 19.9. The van der Waals surface area contributed by atoms with Crippen LogP contribution in [0.4, 0.5) is 21.9 Å². The van der Waals surface area contributed by atoms with E-state index in [2.05, 4.69) is 20.5 Å². The number of benzene rings is 2. The number of carbonyl (C=O) groups is 3. The molecule has 1 atom stereocenters. The molecular formula is C20H21N5O4. The van der Waals surface area contributed by atoms with E-state index in [0.717, 1.165) is 0 Å². The van der Waals surface area contributed by atoms with Gasteiger partial charge in [0.2, 0.25) is 5.84 Å². The van der Waals surface area contributed by atoms with Gasteiger partial charge < -0.3 is 10.1 Å². The second-order valence-electron chi connectivity index (χ2n) is 6.30. The summed E-state index contributed by atoms with van der Waals surface area (Å²) in [6.07, 6.45) is -0.498. The van der Waals surface area contributed by atoms with E-state index in [9.17, 15) is 14.4 Å². The molecule has 3 rings (SSSR count). The first-order valence-corrected chi connectivity index (χ1v) is 8.87. The molecule has 1 heterocycles. The van der Waals surface area contributed by atoms with Gasteiger partial charge in [0.15, 0.2) is 0 Å². The predicted molar refractivity (Wildman–Crippen MR) is 110 cm³/mol. The van der Waals surface area contributed by atoms with Gasteiger partial charge in [-0.05, 0) is 43.3 Å². The summed E-state index contributed by atoms with van der Waals surface area (Å²) in [4.78, 5) is 42.1. The minimum absolute atomic E-state index is 0.0247. The Balaban J connectivity index is 1.72. The van der Waals surface area contributed by atoms with E-state index in [1.165, 1.54) is 17.0 Å². The summed E-state index contributed by atoms with van der Waals surface area (Å²) >= 11 is 0. The highest BCUT2D eigenvalue weighted by molar-refractivity contribution is 6.43. The lowest BCUT2D eigenvalue weighted by molar-refractivity contribution is -0.120. The number of carbonyl (C=O) groups excluding carboxylic acids is 3. The molecule has 2 aromatic rings. The van der Waals surface area contributed by atoms with Crippen molar-refractivity contribution in [1.82, 2.24) is 5.43 Å². The summed E-state index contributed by atoms with van der Waals surface area (Å²) in [6, 6.07) is 14.9. The van der Waals surface area contributed by atoms with Gasteiger partial charge in [-0.1, -0.05) is 18.2 Å². The molecule has 0 saturated carbocycles. The first-order valence-electron chi connectivity index (χ1n) is 8.87. The minimum Gasteiger partial charge on any atom is -0.452 e. The van der Waals surface area contributed by atoms with Crippen LogP contribution in [0.2, 0.25) is 0 Å². The second kappa shape index (κ2) is 8.42. The zero-order valence-electron chi connectivity index (χ0n) is 16.2. The Morgan fingerprint density at radius 1 is 1.14 bits per heavy atom. The second-order valence-corrected chi connectivity index (χ2v) is 6.30. The molecule has 9 heteroatoms. The third-order valence-electron chi connectivity index (χ3n) is 4.31. The Labute approximate surface area is 167 Å². The number of aliphatic imine (C=N–C) groups is 1. The number of hydrogen-bond acceptors (Lipinski definition) is 6. The number of ether oxygens (including phenoxy) is 1. The molecule has 0 radical (unpaired) electrons. The number of amides is 3. The quantitative estimate of drug-likeness (QED) is 0.826. The van der Waals surface area contributed by atoms with Gasteiger partial charge in [0.05, 0.1) is 12.8 Å². The molecule has 1 aliphatic rings. The van der Waals surface area contributed by atoms with Crippen molar-refractivity contribution in [2.75, 3.05) is 29.4 Å². The molecule has 9 nitrogen and oxygen atoms in total. The zero-order valence-corrected chi connectivity index (χ0v) is 16.2. The van der Waals surface area contributed by atoms with E-state index in [1.54, 1.807) is 62.5 Å². The largest absolute Gasteiger partial charge is 0.452 e. The molecule has 0 aromatic heterocycles. The minimum atomic E-state index is -0.701. The standard InChI is InChI=1S/C20H21N5O4/c1-13-19(27)25(16-7-5-4-6-8-16)23-17(21-13)18(26)22-14-9-11-15(12-10-14)24(2)20(28)29-3/h4-13H,1-3H3,(H,21,23)(H,22,26). The summed E-state index contributed by atoms with van der Waals surface area (Å²) in [5.74, 6) is -0.723. The van der Waals surface area contributed by atoms with Crippen LogP contribution in [0, 0.1) is 0 Å². The molecule has 1 unspecified atom stereocenters. The van der Waals surface area contributed by atoms with Crippen LogP contribution in [0.1, 0.15) is 6.92 Å². The smallest absolute Gasteiger partial charge is 0.413 e. The van der Waals surface area contributed by atoms with Crippen molar-refractivity contribution in [2.45, 2.75) is 13.0 Å². The van der Waals surface area contributed by atoms with E-state index in [-0.39, 0.29) is 11.7 Å². The highest BCUT2D eigenvalue weighted by Gasteiger charge is 2.30. The summed E-state index contributed by atoms with van der Waals surface area (Å²) in [6.45, 7) is 1.63. The van der Waals surface area contributed by atoms with Gasteiger partial charge in [-0.2, -0.15) is 0 Å². The van der Waals surface area contributed by atoms with Crippen molar-refractivity contribution < 1.29 is 19.1 Å². The molecule has 0 bridgehead atoms. The predicted octanol–water partition coefficient (Wildman–Crippen LogP) is 2.17. The van der Waals surface area contributed by atoms with Crippen molar-refractivity contribution in [3.8, 4) is 0 Å². The van der Waals surface area contributed by atoms with E-state index < -0.39 is 18.0 Å². The van der Waals surface area contributed by atoms with Gasteiger partial charge >= 0.3 is 6.09 Å². The Hall–Kier alpha value is -3.88. The van der Waals surface area contributed by atoms with E-state index in [1.807, 2.05) is 6.07 Å². The number of hydrogen-bond donors (Lipinski definition) is 2. The normalized spacial score (nSPS) is 15.8. The van der Waals surface area contributed by atoms with Gasteiger partial charge in [-0.3, -0.25) is 19.9 Å².